The summed E-state index contributed by atoms with van der Waals surface area (Å²) >= 11 is 11.2. The van der Waals surface area contributed by atoms with Crippen molar-refractivity contribution in [3.63, 3.8) is 0 Å². The standard InChI is InChI=1S/C6H5Cl2N.CH5NO3S/c7-4-1-2-6(9)5(8)3-4;1-5-6(2,3)4/h1-3H,9H2;1H3,(H2,2,3,4). The summed E-state index contributed by atoms with van der Waals surface area (Å²) in [6.45, 7) is 0. The van der Waals surface area contributed by atoms with Gasteiger partial charge in [-0.15, -0.1) is 0 Å². The third-order valence-electron chi connectivity index (χ3n) is 1.19. The lowest BCUT2D eigenvalue weighted by Crippen LogP contribution is -2.12. The zero-order valence-electron chi connectivity index (χ0n) is 7.78. The van der Waals surface area contributed by atoms with Crippen LogP contribution in [0, 0.1) is 0 Å². The third-order valence-corrected chi connectivity index (χ3v) is 2.22. The lowest BCUT2D eigenvalue weighted by molar-refractivity contribution is 0.399. The lowest BCUT2D eigenvalue weighted by Gasteiger charge is -1.94. The quantitative estimate of drug-likeness (QED) is 0.756. The third kappa shape index (κ3) is 7.40. The number of anilines is 1. The molecule has 86 valence electrons. The van der Waals surface area contributed by atoms with E-state index in [1.807, 2.05) is 0 Å². The molecule has 5 nitrogen and oxygen atoms in total. The molecule has 0 atom stereocenters. The summed E-state index contributed by atoms with van der Waals surface area (Å²) in [5.41, 5.74) is 5.95. The first-order valence-electron chi connectivity index (χ1n) is 3.55. The molecule has 0 saturated heterocycles. The summed E-state index contributed by atoms with van der Waals surface area (Å²) in [5.74, 6) is 0. The SMILES string of the molecule is COS(N)(=O)=O.Nc1ccc(Cl)cc1Cl. The van der Waals surface area contributed by atoms with Crippen molar-refractivity contribution in [2.75, 3.05) is 12.8 Å². The predicted molar refractivity (Wildman–Crippen MR) is 61.0 cm³/mol. The Morgan fingerprint density at radius 1 is 1.33 bits per heavy atom. The van der Waals surface area contributed by atoms with Crippen LogP contribution in [0.15, 0.2) is 18.2 Å². The van der Waals surface area contributed by atoms with Gasteiger partial charge in [-0.25, -0.2) is 5.14 Å². The van der Waals surface area contributed by atoms with Crippen molar-refractivity contribution >= 4 is 39.2 Å². The van der Waals surface area contributed by atoms with E-state index in [9.17, 15) is 8.42 Å². The van der Waals surface area contributed by atoms with Crippen molar-refractivity contribution in [1.82, 2.24) is 0 Å². The van der Waals surface area contributed by atoms with Gasteiger partial charge in [0.15, 0.2) is 0 Å². The van der Waals surface area contributed by atoms with Gasteiger partial charge in [0.1, 0.15) is 0 Å². The summed E-state index contributed by atoms with van der Waals surface area (Å²) < 4.78 is 22.8. The van der Waals surface area contributed by atoms with E-state index >= 15 is 0 Å². The Kier molecular flexibility index (Phi) is 5.92. The van der Waals surface area contributed by atoms with Gasteiger partial charge >= 0.3 is 10.3 Å². The van der Waals surface area contributed by atoms with Crippen LogP contribution in [0.25, 0.3) is 0 Å². The minimum absolute atomic E-state index is 0.502. The molecule has 0 fully saturated rings. The largest absolute Gasteiger partial charge is 0.398 e. The zero-order valence-corrected chi connectivity index (χ0v) is 10.1. The maximum absolute atomic E-state index is 9.56. The van der Waals surface area contributed by atoms with Gasteiger partial charge in [0, 0.05) is 5.02 Å². The van der Waals surface area contributed by atoms with Crippen LogP contribution < -0.4 is 10.9 Å². The monoisotopic (exact) mass is 272 g/mol. The molecule has 0 radical (unpaired) electrons. The van der Waals surface area contributed by atoms with E-state index in [0.29, 0.717) is 15.7 Å². The van der Waals surface area contributed by atoms with Crippen molar-refractivity contribution in [3.8, 4) is 0 Å². The first-order valence-corrected chi connectivity index (χ1v) is 5.78. The van der Waals surface area contributed by atoms with E-state index in [0.717, 1.165) is 7.11 Å². The Morgan fingerprint density at radius 3 is 2.07 bits per heavy atom. The Bertz CT molecular complexity index is 422. The van der Waals surface area contributed by atoms with Gasteiger partial charge in [-0.3, -0.25) is 4.18 Å². The average molecular weight is 273 g/mol. The Morgan fingerprint density at radius 2 is 1.80 bits per heavy atom. The number of halogens is 2. The van der Waals surface area contributed by atoms with Crippen molar-refractivity contribution in [2.45, 2.75) is 0 Å². The highest BCUT2D eigenvalue weighted by Crippen LogP contribution is 2.21. The topological polar surface area (TPSA) is 95.4 Å². The molecule has 0 aliphatic carbocycles. The molecule has 8 heteroatoms. The highest BCUT2D eigenvalue weighted by Gasteiger charge is 1.93. The van der Waals surface area contributed by atoms with Gasteiger partial charge in [0.05, 0.1) is 17.8 Å². The summed E-state index contributed by atoms with van der Waals surface area (Å²) in [6.07, 6.45) is 0. The van der Waals surface area contributed by atoms with Crippen LogP contribution in [0.1, 0.15) is 0 Å². The fourth-order valence-electron chi connectivity index (χ4n) is 0.502. The molecule has 0 bridgehead atoms. The van der Waals surface area contributed by atoms with Crippen LogP contribution in [-0.4, -0.2) is 15.5 Å². The van der Waals surface area contributed by atoms with Crippen molar-refractivity contribution in [3.05, 3.63) is 28.2 Å². The number of hydrogen-bond donors (Lipinski definition) is 2. The Labute approximate surface area is 98.2 Å². The minimum Gasteiger partial charge on any atom is -0.398 e. The number of benzene rings is 1. The molecule has 0 amide bonds. The first kappa shape index (κ1) is 14.5. The fourth-order valence-corrected chi connectivity index (χ4v) is 0.910. The molecule has 0 unspecified atom stereocenters. The molecule has 4 N–H and O–H groups in total. The zero-order chi connectivity index (χ0) is 12.1. The van der Waals surface area contributed by atoms with Gasteiger partial charge < -0.3 is 5.73 Å². The van der Waals surface area contributed by atoms with Crippen molar-refractivity contribution in [2.24, 2.45) is 5.14 Å². The van der Waals surface area contributed by atoms with Crippen LogP contribution in [0.3, 0.4) is 0 Å². The molecule has 1 aromatic carbocycles. The van der Waals surface area contributed by atoms with Gasteiger partial charge in [0.2, 0.25) is 0 Å². The summed E-state index contributed by atoms with van der Waals surface area (Å²) in [6, 6.07) is 4.98. The van der Waals surface area contributed by atoms with E-state index in [1.54, 1.807) is 18.2 Å². The second kappa shape index (κ2) is 6.14. The molecule has 1 rings (SSSR count). The van der Waals surface area contributed by atoms with Crippen LogP contribution in [0.4, 0.5) is 5.69 Å². The maximum atomic E-state index is 9.56. The van der Waals surface area contributed by atoms with Gasteiger partial charge in [-0.2, -0.15) is 8.42 Å². The second-order valence-corrected chi connectivity index (χ2v) is 4.49. The molecule has 0 aliphatic rings. The normalized spacial score (nSPS) is 10.4. The Balaban J connectivity index is 0.000000288. The van der Waals surface area contributed by atoms with Crippen LogP contribution in [0.5, 0.6) is 0 Å². The number of nitrogens with two attached hydrogens (primary N) is 2. The smallest absolute Gasteiger partial charge is 0.333 e. The van der Waals surface area contributed by atoms with Crippen LogP contribution in [-0.2, 0) is 14.5 Å². The molecule has 0 heterocycles. The van der Waals surface area contributed by atoms with E-state index in [-0.39, 0.29) is 0 Å². The van der Waals surface area contributed by atoms with Gasteiger partial charge in [0.25, 0.3) is 0 Å². The molecular formula is C7H10Cl2N2O3S. The number of nitrogen functional groups attached to an aromatic ring is 1. The highest BCUT2D eigenvalue weighted by atomic mass is 35.5. The molecule has 15 heavy (non-hydrogen) atoms. The first-order chi connectivity index (χ1) is 6.76. The van der Waals surface area contributed by atoms with E-state index in [4.69, 9.17) is 28.9 Å². The van der Waals surface area contributed by atoms with Gasteiger partial charge in [-0.05, 0) is 18.2 Å². The molecule has 0 spiro atoms. The molecule has 1 aromatic rings. The molecule has 0 aliphatic heterocycles. The summed E-state index contributed by atoms with van der Waals surface area (Å²) in [5, 5.41) is 5.39. The Hall–Kier alpha value is -0.530. The minimum atomic E-state index is -3.66. The van der Waals surface area contributed by atoms with Crippen LogP contribution >= 0.6 is 23.2 Å². The van der Waals surface area contributed by atoms with E-state index in [1.165, 1.54) is 0 Å². The maximum Gasteiger partial charge on any atom is 0.333 e. The fraction of sp³-hybridized carbons (Fsp3) is 0.143. The number of hydrogen-bond acceptors (Lipinski definition) is 4. The second-order valence-electron chi connectivity index (χ2n) is 2.33. The average Bonchev–Trinajstić information content (AvgIpc) is 2.12. The van der Waals surface area contributed by atoms with Crippen molar-refractivity contribution in [1.29, 1.82) is 0 Å². The number of rotatable bonds is 1. The van der Waals surface area contributed by atoms with Crippen molar-refractivity contribution < 1.29 is 12.6 Å². The van der Waals surface area contributed by atoms with Gasteiger partial charge in [-0.1, -0.05) is 23.2 Å². The summed E-state index contributed by atoms with van der Waals surface area (Å²) in [4.78, 5) is 0. The summed E-state index contributed by atoms with van der Waals surface area (Å²) in [7, 11) is -2.67. The molecule has 0 saturated carbocycles. The molecular weight excluding hydrogens is 263 g/mol. The molecule has 0 aromatic heterocycles. The lowest BCUT2D eigenvalue weighted by atomic mass is 10.3. The van der Waals surface area contributed by atoms with Crippen LogP contribution in [0.2, 0.25) is 10.0 Å². The van der Waals surface area contributed by atoms with E-state index in [2.05, 4.69) is 9.32 Å². The van der Waals surface area contributed by atoms with E-state index < -0.39 is 10.3 Å². The predicted octanol–water partition coefficient (Wildman–Crippen LogP) is 1.41. The highest BCUT2D eigenvalue weighted by molar-refractivity contribution is 7.84.